The fraction of sp³-hybridized carbons (Fsp3) is 0.357. The van der Waals surface area contributed by atoms with Gasteiger partial charge in [0, 0.05) is 27.8 Å². The predicted molar refractivity (Wildman–Crippen MR) is 87.7 cm³/mol. The summed E-state index contributed by atoms with van der Waals surface area (Å²) in [5.41, 5.74) is 0.834. The van der Waals surface area contributed by atoms with Gasteiger partial charge in [-0.25, -0.2) is 0 Å². The highest BCUT2D eigenvalue weighted by atomic mass is 79.9. The first-order valence-electron chi connectivity index (χ1n) is 6.18. The normalized spacial score (nSPS) is 11.3. The topological polar surface area (TPSA) is 34.5 Å². The number of halogens is 2. The van der Waals surface area contributed by atoms with Crippen molar-refractivity contribution in [2.75, 3.05) is 27.2 Å². The minimum atomic E-state index is -0.0412. The van der Waals surface area contributed by atoms with Crippen LogP contribution in [0.2, 0.25) is 0 Å². The Morgan fingerprint density at radius 1 is 1.35 bits per heavy atom. The van der Waals surface area contributed by atoms with E-state index >= 15 is 0 Å². The van der Waals surface area contributed by atoms with Crippen LogP contribution in [0.25, 0.3) is 10.9 Å². The molecule has 0 bridgehead atoms. The molecule has 0 amide bonds. The van der Waals surface area contributed by atoms with E-state index < -0.39 is 0 Å². The maximum Gasteiger partial charge on any atom is 0.228 e. The molecule has 0 fully saturated rings. The van der Waals surface area contributed by atoms with Gasteiger partial charge < -0.3 is 9.64 Å². The molecule has 0 radical (unpaired) electrons. The second-order valence-corrected chi connectivity index (χ2v) is 6.59. The SMILES string of the molecule is CC(=O)n1cc(OCCN(C)C)c2cc(Br)cc(Br)c21. The third-order valence-corrected chi connectivity index (χ3v) is 3.98. The van der Waals surface area contributed by atoms with Crippen LogP contribution in [-0.2, 0) is 0 Å². The van der Waals surface area contributed by atoms with Gasteiger partial charge in [-0.05, 0) is 42.2 Å². The Labute approximate surface area is 134 Å². The van der Waals surface area contributed by atoms with Gasteiger partial charge >= 0.3 is 0 Å². The number of benzene rings is 1. The first kappa shape index (κ1) is 15.5. The van der Waals surface area contributed by atoms with E-state index in [9.17, 15) is 4.79 Å². The van der Waals surface area contributed by atoms with Crippen molar-refractivity contribution in [3.63, 3.8) is 0 Å². The van der Waals surface area contributed by atoms with Gasteiger partial charge in [0.1, 0.15) is 12.4 Å². The van der Waals surface area contributed by atoms with E-state index in [0.29, 0.717) is 6.61 Å². The van der Waals surface area contributed by atoms with E-state index in [0.717, 1.165) is 32.1 Å². The molecule has 4 nitrogen and oxygen atoms in total. The first-order valence-corrected chi connectivity index (χ1v) is 7.77. The fourth-order valence-corrected chi connectivity index (χ4v) is 3.37. The van der Waals surface area contributed by atoms with Gasteiger partial charge in [-0.2, -0.15) is 0 Å². The average Bonchev–Trinajstić information content (AvgIpc) is 2.68. The minimum absolute atomic E-state index is 0.0412. The van der Waals surface area contributed by atoms with Crippen LogP contribution in [-0.4, -0.2) is 42.6 Å². The lowest BCUT2D eigenvalue weighted by molar-refractivity contribution is 0.0940. The Morgan fingerprint density at radius 2 is 2.05 bits per heavy atom. The number of likely N-dealkylation sites (N-methyl/N-ethyl adjacent to an activating group) is 1. The molecule has 108 valence electrons. The molecule has 0 N–H and O–H groups in total. The number of fused-ring (bicyclic) bond motifs is 1. The van der Waals surface area contributed by atoms with Crippen molar-refractivity contribution in [1.29, 1.82) is 0 Å². The summed E-state index contributed by atoms with van der Waals surface area (Å²) in [6, 6.07) is 3.88. The zero-order valence-corrected chi connectivity index (χ0v) is 14.8. The lowest BCUT2D eigenvalue weighted by Crippen LogP contribution is -2.19. The average molecular weight is 404 g/mol. The van der Waals surface area contributed by atoms with Crippen molar-refractivity contribution in [2.24, 2.45) is 0 Å². The number of aromatic nitrogens is 1. The Morgan fingerprint density at radius 3 is 2.65 bits per heavy atom. The molecule has 0 saturated carbocycles. The maximum absolute atomic E-state index is 11.8. The first-order chi connectivity index (χ1) is 9.40. The van der Waals surface area contributed by atoms with Crippen molar-refractivity contribution in [3.8, 4) is 5.75 Å². The third kappa shape index (κ3) is 3.24. The molecule has 0 spiro atoms. The Hall–Kier alpha value is -0.850. The van der Waals surface area contributed by atoms with Crippen molar-refractivity contribution in [1.82, 2.24) is 9.47 Å². The standard InChI is InChI=1S/C14H16Br2N2O2/c1-9(19)18-8-13(20-5-4-17(2)3)11-6-10(15)7-12(16)14(11)18/h6-8H,4-5H2,1-3H3. The number of nitrogens with zero attached hydrogens (tertiary/aromatic N) is 2. The zero-order valence-electron chi connectivity index (χ0n) is 11.6. The summed E-state index contributed by atoms with van der Waals surface area (Å²) >= 11 is 6.97. The Bertz CT molecular complexity index is 650. The van der Waals surface area contributed by atoms with E-state index in [1.165, 1.54) is 6.92 Å². The fourth-order valence-electron chi connectivity index (χ4n) is 1.95. The summed E-state index contributed by atoms with van der Waals surface area (Å²) in [5, 5.41) is 0.917. The van der Waals surface area contributed by atoms with Crippen LogP contribution in [0.15, 0.2) is 27.3 Å². The van der Waals surface area contributed by atoms with Crippen LogP contribution < -0.4 is 4.74 Å². The monoisotopic (exact) mass is 402 g/mol. The van der Waals surface area contributed by atoms with Crippen LogP contribution in [0, 0.1) is 0 Å². The smallest absolute Gasteiger partial charge is 0.228 e. The second-order valence-electron chi connectivity index (χ2n) is 4.82. The van der Waals surface area contributed by atoms with Crippen LogP contribution in [0.1, 0.15) is 11.7 Å². The Kier molecular flexibility index (Phi) is 4.88. The van der Waals surface area contributed by atoms with Crippen molar-refractivity contribution >= 4 is 48.7 Å². The van der Waals surface area contributed by atoms with Gasteiger partial charge in [0.05, 0.1) is 11.7 Å². The van der Waals surface area contributed by atoms with Crippen LogP contribution in [0.5, 0.6) is 5.75 Å². The molecular formula is C14H16Br2N2O2. The predicted octanol–water partition coefficient (Wildman–Crippen LogP) is 3.77. The van der Waals surface area contributed by atoms with E-state index in [4.69, 9.17) is 4.74 Å². The van der Waals surface area contributed by atoms with E-state index in [1.54, 1.807) is 10.8 Å². The van der Waals surface area contributed by atoms with Crippen molar-refractivity contribution < 1.29 is 9.53 Å². The molecule has 6 heteroatoms. The molecular weight excluding hydrogens is 388 g/mol. The Balaban J connectivity index is 2.46. The molecule has 0 saturated heterocycles. The molecule has 0 aliphatic rings. The molecule has 0 aliphatic carbocycles. The highest BCUT2D eigenvalue weighted by molar-refractivity contribution is 9.11. The largest absolute Gasteiger partial charge is 0.490 e. The van der Waals surface area contributed by atoms with Gasteiger partial charge in [-0.15, -0.1) is 0 Å². The minimum Gasteiger partial charge on any atom is -0.490 e. The molecule has 2 rings (SSSR count). The van der Waals surface area contributed by atoms with Gasteiger partial charge in [0.15, 0.2) is 0 Å². The molecule has 0 unspecified atom stereocenters. The summed E-state index contributed by atoms with van der Waals surface area (Å²) in [4.78, 5) is 13.8. The summed E-state index contributed by atoms with van der Waals surface area (Å²) < 4.78 is 9.22. The number of hydrogen-bond acceptors (Lipinski definition) is 3. The summed E-state index contributed by atoms with van der Waals surface area (Å²) in [5.74, 6) is 0.680. The molecule has 1 aromatic carbocycles. The van der Waals surface area contributed by atoms with Crippen LogP contribution >= 0.6 is 31.9 Å². The summed E-state index contributed by atoms with van der Waals surface area (Å²) in [7, 11) is 3.99. The molecule has 1 aromatic heterocycles. The highest BCUT2D eigenvalue weighted by Gasteiger charge is 2.15. The van der Waals surface area contributed by atoms with Gasteiger partial charge in [0.25, 0.3) is 0 Å². The van der Waals surface area contributed by atoms with Crippen LogP contribution in [0.3, 0.4) is 0 Å². The second kappa shape index (κ2) is 6.28. The number of ether oxygens (including phenoxy) is 1. The number of hydrogen-bond donors (Lipinski definition) is 0. The lowest BCUT2D eigenvalue weighted by atomic mass is 10.2. The van der Waals surface area contributed by atoms with Crippen LogP contribution in [0.4, 0.5) is 0 Å². The maximum atomic E-state index is 11.8. The van der Waals surface area contributed by atoms with Gasteiger partial charge in [-0.3, -0.25) is 9.36 Å². The summed E-state index contributed by atoms with van der Waals surface area (Å²) in [6.07, 6.45) is 1.75. The van der Waals surface area contributed by atoms with E-state index in [1.807, 2.05) is 26.2 Å². The third-order valence-electron chi connectivity index (χ3n) is 2.92. The summed E-state index contributed by atoms with van der Waals surface area (Å²) in [6.45, 7) is 2.94. The van der Waals surface area contributed by atoms with Crippen molar-refractivity contribution in [3.05, 3.63) is 27.3 Å². The molecule has 0 atom stereocenters. The van der Waals surface area contributed by atoms with E-state index in [-0.39, 0.29) is 5.91 Å². The molecule has 20 heavy (non-hydrogen) atoms. The lowest BCUT2D eigenvalue weighted by Gasteiger charge is -2.10. The molecule has 0 aliphatic heterocycles. The van der Waals surface area contributed by atoms with E-state index in [2.05, 4.69) is 36.8 Å². The number of carbonyl (C=O) groups excluding carboxylic acids is 1. The molecule has 1 heterocycles. The van der Waals surface area contributed by atoms with Gasteiger partial charge in [0.2, 0.25) is 5.91 Å². The number of rotatable bonds is 4. The quantitative estimate of drug-likeness (QED) is 0.779. The van der Waals surface area contributed by atoms with Gasteiger partial charge in [-0.1, -0.05) is 15.9 Å². The van der Waals surface area contributed by atoms with Crippen molar-refractivity contribution in [2.45, 2.75) is 6.92 Å². The zero-order chi connectivity index (χ0) is 14.9. The molecule has 2 aromatic rings. The number of carbonyl (C=O) groups is 1. The highest BCUT2D eigenvalue weighted by Crippen LogP contribution is 2.36.